The highest BCUT2D eigenvalue weighted by molar-refractivity contribution is 5.84. The van der Waals surface area contributed by atoms with Crippen LogP contribution in [0, 0.1) is 0 Å². The van der Waals surface area contributed by atoms with Gasteiger partial charge in [0.05, 0.1) is 25.8 Å². The summed E-state index contributed by atoms with van der Waals surface area (Å²) < 4.78 is 18.7. The number of halogens is 1. The van der Waals surface area contributed by atoms with E-state index in [1.807, 2.05) is 0 Å². The fourth-order valence-electron chi connectivity index (χ4n) is 2.54. The third-order valence-electron chi connectivity index (χ3n) is 3.59. The summed E-state index contributed by atoms with van der Waals surface area (Å²) in [6.07, 6.45) is -0.868. The van der Waals surface area contributed by atoms with Crippen molar-refractivity contribution in [2.75, 3.05) is 46.4 Å². The van der Waals surface area contributed by atoms with Crippen LogP contribution in [0.3, 0.4) is 0 Å². The van der Waals surface area contributed by atoms with Crippen molar-refractivity contribution in [3.8, 4) is 0 Å². The van der Waals surface area contributed by atoms with Crippen LogP contribution in [0.4, 0.5) is 4.39 Å². The number of rotatable bonds is 3. The molecule has 2 rings (SSSR count). The predicted octanol–water partition coefficient (Wildman–Crippen LogP) is -0.996. The lowest BCUT2D eigenvalue weighted by Crippen LogP contribution is -2.51. The second kappa shape index (κ2) is 6.29. The van der Waals surface area contributed by atoms with E-state index < -0.39 is 12.2 Å². The number of ether oxygens (including phenoxy) is 1. The van der Waals surface area contributed by atoms with Crippen molar-refractivity contribution in [1.82, 2.24) is 15.1 Å². The Labute approximate surface area is 111 Å². The van der Waals surface area contributed by atoms with Gasteiger partial charge in [-0.05, 0) is 0 Å². The van der Waals surface area contributed by atoms with Gasteiger partial charge in [-0.15, -0.1) is 0 Å². The molecule has 2 heterocycles. The minimum atomic E-state index is -1.04. The number of likely N-dealkylation sites (tertiary alicyclic amines) is 1. The third kappa shape index (κ3) is 3.42. The van der Waals surface area contributed by atoms with Crippen LogP contribution in [-0.4, -0.2) is 80.3 Å². The molecule has 19 heavy (non-hydrogen) atoms. The Balaban J connectivity index is 1.98. The molecular weight excluding hydrogens is 253 g/mol. The number of carbonyl (C=O) groups is 2. The highest BCUT2D eigenvalue weighted by Crippen LogP contribution is 2.22. The van der Waals surface area contributed by atoms with E-state index in [-0.39, 0.29) is 31.3 Å². The average Bonchev–Trinajstić information content (AvgIpc) is 2.79. The molecule has 0 aromatic carbocycles. The molecule has 2 aliphatic heterocycles. The van der Waals surface area contributed by atoms with E-state index in [1.54, 1.807) is 9.80 Å². The van der Waals surface area contributed by atoms with Gasteiger partial charge in [0.1, 0.15) is 6.17 Å². The van der Waals surface area contributed by atoms with Gasteiger partial charge in [-0.2, -0.15) is 0 Å². The minimum Gasteiger partial charge on any atom is -0.378 e. The van der Waals surface area contributed by atoms with E-state index in [0.29, 0.717) is 26.3 Å². The Bertz CT molecular complexity index is 347. The zero-order valence-corrected chi connectivity index (χ0v) is 11.1. The van der Waals surface area contributed by atoms with Crippen molar-refractivity contribution in [3.05, 3.63) is 0 Å². The van der Waals surface area contributed by atoms with Crippen LogP contribution in [0.25, 0.3) is 0 Å². The van der Waals surface area contributed by atoms with Crippen molar-refractivity contribution in [2.24, 2.45) is 0 Å². The van der Waals surface area contributed by atoms with E-state index in [0.717, 1.165) is 0 Å². The van der Waals surface area contributed by atoms with Gasteiger partial charge in [0.2, 0.25) is 11.8 Å². The van der Waals surface area contributed by atoms with Crippen molar-refractivity contribution in [3.63, 3.8) is 0 Å². The maximum absolute atomic E-state index is 13.5. The van der Waals surface area contributed by atoms with Crippen molar-refractivity contribution in [2.45, 2.75) is 18.6 Å². The molecular formula is C12H20FN3O3. The fourth-order valence-corrected chi connectivity index (χ4v) is 2.54. The topological polar surface area (TPSA) is 61.9 Å². The van der Waals surface area contributed by atoms with Gasteiger partial charge in [0, 0.05) is 33.1 Å². The van der Waals surface area contributed by atoms with E-state index >= 15 is 0 Å². The second-order valence-corrected chi connectivity index (χ2v) is 4.89. The first kappa shape index (κ1) is 14.2. The summed E-state index contributed by atoms with van der Waals surface area (Å²) in [6.45, 7) is 2.34. The Morgan fingerprint density at radius 1 is 1.37 bits per heavy atom. The quantitative estimate of drug-likeness (QED) is 0.717. The van der Waals surface area contributed by atoms with Crippen molar-refractivity contribution in [1.29, 1.82) is 0 Å². The summed E-state index contributed by atoms with van der Waals surface area (Å²) >= 11 is 0. The number of nitrogens with one attached hydrogen (secondary N) is 1. The zero-order chi connectivity index (χ0) is 13.8. The largest absolute Gasteiger partial charge is 0.378 e. The number of morpholine rings is 1. The first-order valence-corrected chi connectivity index (χ1v) is 6.57. The van der Waals surface area contributed by atoms with Gasteiger partial charge in [0.15, 0.2) is 0 Å². The molecule has 0 spiro atoms. The van der Waals surface area contributed by atoms with Crippen LogP contribution in [0.1, 0.15) is 6.42 Å². The number of nitrogens with zero attached hydrogens (tertiary/aromatic N) is 2. The van der Waals surface area contributed by atoms with Gasteiger partial charge in [0.25, 0.3) is 0 Å². The molecule has 7 heteroatoms. The minimum absolute atomic E-state index is 0.0671. The summed E-state index contributed by atoms with van der Waals surface area (Å²) in [6, 6.07) is -0.523. The molecule has 0 saturated carbocycles. The number of amides is 2. The molecule has 6 nitrogen and oxygen atoms in total. The standard InChI is InChI=1S/C12H20FN3O3/c1-14-11(17)8-16-7-9(13)6-10(16)12(18)15-2-4-19-5-3-15/h9-10H,2-8H2,1H3,(H,14,17)/t9-,10+/m1/s1. The van der Waals surface area contributed by atoms with Crippen LogP contribution in [0.2, 0.25) is 0 Å². The zero-order valence-electron chi connectivity index (χ0n) is 11.1. The van der Waals surface area contributed by atoms with Gasteiger partial charge >= 0.3 is 0 Å². The van der Waals surface area contributed by atoms with Crippen molar-refractivity contribution < 1.29 is 18.7 Å². The molecule has 0 bridgehead atoms. The predicted molar refractivity (Wildman–Crippen MR) is 66.3 cm³/mol. The van der Waals surface area contributed by atoms with Crippen LogP contribution in [0.5, 0.6) is 0 Å². The lowest BCUT2D eigenvalue weighted by molar-refractivity contribution is -0.140. The van der Waals surface area contributed by atoms with Gasteiger partial charge in [-0.3, -0.25) is 14.5 Å². The van der Waals surface area contributed by atoms with Gasteiger partial charge in [-0.1, -0.05) is 0 Å². The maximum atomic E-state index is 13.5. The highest BCUT2D eigenvalue weighted by Gasteiger charge is 2.39. The Morgan fingerprint density at radius 3 is 2.68 bits per heavy atom. The molecule has 1 N–H and O–H groups in total. The fraction of sp³-hybridized carbons (Fsp3) is 0.833. The maximum Gasteiger partial charge on any atom is 0.240 e. The second-order valence-electron chi connectivity index (χ2n) is 4.89. The number of hydrogen-bond donors (Lipinski definition) is 1. The van der Waals surface area contributed by atoms with Gasteiger partial charge < -0.3 is 15.0 Å². The van der Waals surface area contributed by atoms with Crippen molar-refractivity contribution >= 4 is 11.8 Å². The van der Waals surface area contributed by atoms with E-state index in [4.69, 9.17) is 4.74 Å². The summed E-state index contributed by atoms with van der Waals surface area (Å²) in [5, 5.41) is 2.50. The molecule has 2 atom stereocenters. The molecule has 2 aliphatic rings. The lowest BCUT2D eigenvalue weighted by atomic mass is 10.1. The molecule has 108 valence electrons. The molecule has 2 amide bonds. The van der Waals surface area contributed by atoms with E-state index in [1.165, 1.54) is 7.05 Å². The lowest BCUT2D eigenvalue weighted by Gasteiger charge is -2.32. The monoisotopic (exact) mass is 273 g/mol. The molecule has 0 radical (unpaired) electrons. The molecule has 0 unspecified atom stereocenters. The first-order valence-electron chi connectivity index (χ1n) is 6.57. The number of likely N-dealkylation sites (N-methyl/N-ethyl adjacent to an activating group) is 1. The molecule has 0 aromatic heterocycles. The smallest absolute Gasteiger partial charge is 0.240 e. The summed E-state index contributed by atoms with van der Waals surface area (Å²) in [5.41, 5.74) is 0. The summed E-state index contributed by atoms with van der Waals surface area (Å²) in [4.78, 5) is 27.1. The van der Waals surface area contributed by atoms with E-state index in [2.05, 4.69) is 5.32 Å². The molecule has 0 aliphatic carbocycles. The first-order chi connectivity index (χ1) is 9.11. The number of carbonyl (C=O) groups excluding carboxylic acids is 2. The van der Waals surface area contributed by atoms with Crippen LogP contribution >= 0.6 is 0 Å². The number of hydrogen-bond acceptors (Lipinski definition) is 4. The number of alkyl halides is 1. The third-order valence-corrected chi connectivity index (χ3v) is 3.59. The Kier molecular flexibility index (Phi) is 4.71. The normalized spacial score (nSPS) is 28.4. The SMILES string of the molecule is CNC(=O)CN1C[C@H](F)C[C@H]1C(=O)N1CCOCC1. The molecule has 0 aromatic rings. The van der Waals surface area contributed by atoms with Crippen LogP contribution in [-0.2, 0) is 14.3 Å². The van der Waals surface area contributed by atoms with E-state index in [9.17, 15) is 14.0 Å². The average molecular weight is 273 g/mol. The summed E-state index contributed by atoms with van der Waals surface area (Å²) in [7, 11) is 1.53. The summed E-state index contributed by atoms with van der Waals surface area (Å²) in [5.74, 6) is -0.291. The van der Waals surface area contributed by atoms with Crippen LogP contribution in [0.15, 0.2) is 0 Å². The van der Waals surface area contributed by atoms with Crippen LogP contribution < -0.4 is 5.32 Å². The van der Waals surface area contributed by atoms with Gasteiger partial charge in [-0.25, -0.2) is 4.39 Å². The highest BCUT2D eigenvalue weighted by atomic mass is 19.1. The molecule has 2 saturated heterocycles. The Morgan fingerprint density at radius 2 is 2.05 bits per heavy atom. The Hall–Kier alpha value is -1.21. The molecule has 2 fully saturated rings.